The van der Waals surface area contributed by atoms with Crippen molar-refractivity contribution < 1.29 is 9.84 Å². The summed E-state index contributed by atoms with van der Waals surface area (Å²) in [5.74, 6) is 0.490. The van der Waals surface area contributed by atoms with Gasteiger partial charge >= 0.3 is 0 Å². The van der Waals surface area contributed by atoms with Crippen LogP contribution in [0.5, 0.6) is 0 Å². The molecule has 0 spiro atoms. The Bertz CT molecular complexity index is 444. The second-order valence-electron chi connectivity index (χ2n) is 3.91. The summed E-state index contributed by atoms with van der Waals surface area (Å²) in [5, 5.41) is 18.2. The van der Waals surface area contributed by atoms with Crippen LogP contribution >= 0.6 is 0 Å². The summed E-state index contributed by atoms with van der Waals surface area (Å²) in [6.07, 6.45) is 0. The molecule has 1 aliphatic heterocycles. The summed E-state index contributed by atoms with van der Waals surface area (Å²) in [7, 11) is 0. The number of nitrogens with zero attached hydrogens (tertiary/aromatic N) is 4. The number of aromatic nitrogens is 2. The molecule has 0 bridgehead atoms. The molecule has 0 amide bonds. The lowest BCUT2D eigenvalue weighted by Crippen LogP contribution is -2.48. The van der Waals surface area contributed by atoms with Gasteiger partial charge in [-0.05, 0) is 13.0 Å². The molecule has 1 aliphatic rings. The first-order valence-corrected chi connectivity index (χ1v) is 5.45. The van der Waals surface area contributed by atoms with Crippen LogP contribution in [0.4, 0.5) is 5.95 Å². The Balaban J connectivity index is 2.31. The number of rotatable bonds is 2. The molecule has 90 valence electrons. The van der Waals surface area contributed by atoms with Gasteiger partial charge in [-0.3, -0.25) is 0 Å². The maximum absolute atomic E-state index is 9.28. The maximum atomic E-state index is 9.28. The molecule has 2 heterocycles. The van der Waals surface area contributed by atoms with Crippen LogP contribution < -0.4 is 4.90 Å². The molecule has 0 aromatic carbocycles. The van der Waals surface area contributed by atoms with Crippen molar-refractivity contribution in [2.24, 2.45) is 0 Å². The van der Waals surface area contributed by atoms with Crippen LogP contribution in [0.15, 0.2) is 6.07 Å². The quantitative estimate of drug-likeness (QED) is 0.766. The molecule has 0 saturated carbocycles. The van der Waals surface area contributed by atoms with Crippen molar-refractivity contribution in [1.82, 2.24) is 9.97 Å². The zero-order valence-electron chi connectivity index (χ0n) is 9.63. The molecule has 1 fully saturated rings. The number of nitriles is 1. The van der Waals surface area contributed by atoms with E-state index in [1.54, 1.807) is 6.07 Å². The third kappa shape index (κ3) is 2.52. The van der Waals surface area contributed by atoms with E-state index >= 15 is 0 Å². The normalized spacial score (nSPS) is 20.1. The molecule has 0 aliphatic carbocycles. The minimum absolute atomic E-state index is 0.0147. The lowest BCUT2D eigenvalue weighted by molar-refractivity contribution is 0.0718. The molecule has 1 N–H and O–H groups in total. The van der Waals surface area contributed by atoms with Gasteiger partial charge in [-0.1, -0.05) is 0 Å². The Morgan fingerprint density at radius 3 is 3.18 bits per heavy atom. The average Bonchev–Trinajstić information content (AvgIpc) is 2.37. The Kier molecular flexibility index (Phi) is 3.52. The summed E-state index contributed by atoms with van der Waals surface area (Å²) < 4.78 is 5.29. The molecule has 1 aromatic rings. The van der Waals surface area contributed by atoms with Crippen molar-refractivity contribution in [3.8, 4) is 6.07 Å². The van der Waals surface area contributed by atoms with Gasteiger partial charge in [-0.15, -0.1) is 0 Å². The second-order valence-corrected chi connectivity index (χ2v) is 3.91. The van der Waals surface area contributed by atoms with Gasteiger partial charge in [0.15, 0.2) is 0 Å². The van der Waals surface area contributed by atoms with Crippen molar-refractivity contribution >= 4 is 5.95 Å². The van der Waals surface area contributed by atoms with Crippen LogP contribution in [0.1, 0.15) is 11.4 Å². The zero-order valence-corrected chi connectivity index (χ0v) is 9.63. The Morgan fingerprint density at radius 1 is 1.65 bits per heavy atom. The van der Waals surface area contributed by atoms with Crippen LogP contribution in [0, 0.1) is 18.3 Å². The summed E-state index contributed by atoms with van der Waals surface area (Å²) in [6, 6.07) is 3.50. The van der Waals surface area contributed by atoms with E-state index in [0.29, 0.717) is 31.4 Å². The summed E-state index contributed by atoms with van der Waals surface area (Å²) in [5.41, 5.74) is 1.09. The fourth-order valence-corrected chi connectivity index (χ4v) is 1.81. The molecule has 1 aromatic heterocycles. The number of ether oxygens (including phenoxy) is 1. The third-order valence-corrected chi connectivity index (χ3v) is 2.65. The van der Waals surface area contributed by atoms with Crippen LogP contribution in [-0.4, -0.2) is 47.5 Å². The predicted octanol–water partition coefficient (Wildman–Crippen LogP) is -0.146. The highest BCUT2D eigenvalue weighted by molar-refractivity contribution is 5.37. The lowest BCUT2D eigenvalue weighted by Gasteiger charge is -2.34. The molecule has 17 heavy (non-hydrogen) atoms. The largest absolute Gasteiger partial charge is 0.394 e. The molecule has 6 nitrogen and oxygen atoms in total. The lowest BCUT2D eigenvalue weighted by atomic mass is 10.2. The molecule has 1 saturated heterocycles. The number of anilines is 1. The topological polar surface area (TPSA) is 82.3 Å². The fraction of sp³-hybridized carbons (Fsp3) is 0.545. The van der Waals surface area contributed by atoms with Crippen LogP contribution in [0.25, 0.3) is 0 Å². The van der Waals surface area contributed by atoms with Crippen molar-refractivity contribution in [3.05, 3.63) is 17.5 Å². The van der Waals surface area contributed by atoms with Gasteiger partial charge in [-0.2, -0.15) is 5.26 Å². The van der Waals surface area contributed by atoms with Gasteiger partial charge in [0.25, 0.3) is 0 Å². The Hall–Kier alpha value is -1.71. The van der Waals surface area contributed by atoms with Gasteiger partial charge in [0, 0.05) is 12.2 Å². The first-order valence-electron chi connectivity index (χ1n) is 5.45. The van der Waals surface area contributed by atoms with E-state index in [1.165, 1.54) is 0 Å². The molecule has 0 radical (unpaired) electrons. The van der Waals surface area contributed by atoms with Gasteiger partial charge in [-0.25, -0.2) is 9.97 Å². The van der Waals surface area contributed by atoms with Crippen LogP contribution in [0.2, 0.25) is 0 Å². The first kappa shape index (κ1) is 11.8. The zero-order chi connectivity index (χ0) is 12.3. The minimum atomic E-state index is -0.142. The number of hydrogen-bond donors (Lipinski definition) is 1. The molecular weight excluding hydrogens is 220 g/mol. The van der Waals surface area contributed by atoms with Crippen molar-refractivity contribution in [2.75, 3.05) is 31.3 Å². The third-order valence-electron chi connectivity index (χ3n) is 2.65. The monoisotopic (exact) mass is 234 g/mol. The first-order chi connectivity index (χ1) is 8.24. The van der Waals surface area contributed by atoms with E-state index in [4.69, 9.17) is 10.00 Å². The van der Waals surface area contributed by atoms with Gasteiger partial charge in [0.05, 0.1) is 25.9 Å². The molecule has 1 atom stereocenters. The molecule has 6 heteroatoms. The Labute approximate surface area is 99.5 Å². The van der Waals surface area contributed by atoms with Crippen molar-refractivity contribution in [3.63, 3.8) is 0 Å². The van der Waals surface area contributed by atoms with E-state index in [9.17, 15) is 5.11 Å². The summed E-state index contributed by atoms with van der Waals surface area (Å²) in [4.78, 5) is 10.3. The maximum Gasteiger partial charge on any atom is 0.227 e. The summed E-state index contributed by atoms with van der Waals surface area (Å²) >= 11 is 0. The van der Waals surface area contributed by atoms with Crippen LogP contribution in [-0.2, 0) is 4.74 Å². The van der Waals surface area contributed by atoms with Gasteiger partial charge < -0.3 is 14.7 Å². The average molecular weight is 234 g/mol. The van der Waals surface area contributed by atoms with Gasteiger partial charge in [0.1, 0.15) is 11.8 Å². The molecule has 2 rings (SSSR count). The minimum Gasteiger partial charge on any atom is -0.394 e. The SMILES string of the molecule is Cc1cc(C#N)nc(N2CCOCC2CO)n1. The van der Waals surface area contributed by atoms with E-state index in [2.05, 4.69) is 9.97 Å². The number of aryl methyl sites for hydroxylation is 1. The van der Waals surface area contributed by atoms with E-state index in [0.717, 1.165) is 5.69 Å². The van der Waals surface area contributed by atoms with Crippen LogP contribution in [0.3, 0.4) is 0 Å². The van der Waals surface area contributed by atoms with E-state index in [-0.39, 0.29) is 12.6 Å². The number of morpholine rings is 1. The highest BCUT2D eigenvalue weighted by Gasteiger charge is 2.24. The predicted molar refractivity (Wildman–Crippen MR) is 60.5 cm³/mol. The highest BCUT2D eigenvalue weighted by Crippen LogP contribution is 2.16. The smallest absolute Gasteiger partial charge is 0.227 e. The number of aliphatic hydroxyl groups is 1. The van der Waals surface area contributed by atoms with E-state index in [1.807, 2.05) is 17.9 Å². The van der Waals surface area contributed by atoms with Crippen molar-refractivity contribution in [1.29, 1.82) is 5.26 Å². The van der Waals surface area contributed by atoms with Crippen molar-refractivity contribution in [2.45, 2.75) is 13.0 Å². The Morgan fingerprint density at radius 2 is 2.47 bits per heavy atom. The molecule has 1 unspecified atom stereocenters. The molecular formula is C11H14N4O2. The standard InChI is InChI=1S/C11H14N4O2/c1-8-4-9(5-12)14-11(13-8)15-2-3-17-7-10(15)6-16/h4,10,16H,2-3,6-7H2,1H3. The van der Waals surface area contributed by atoms with E-state index < -0.39 is 0 Å². The number of hydrogen-bond acceptors (Lipinski definition) is 6. The number of aliphatic hydroxyl groups excluding tert-OH is 1. The highest BCUT2D eigenvalue weighted by atomic mass is 16.5. The summed E-state index contributed by atoms with van der Waals surface area (Å²) in [6.45, 7) is 3.46. The fourth-order valence-electron chi connectivity index (χ4n) is 1.81. The second kappa shape index (κ2) is 5.08. The van der Waals surface area contributed by atoms with Gasteiger partial charge in [0.2, 0.25) is 5.95 Å².